The predicted octanol–water partition coefficient (Wildman–Crippen LogP) is 3.41. The Kier molecular flexibility index (Phi) is 4.70. The van der Waals surface area contributed by atoms with Crippen LogP contribution in [0.5, 0.6) is 0 Å². The van der Waals surface area contributed by atoms with E-state index >= 15 is 0 Å². The van der Waals surface area contributed by atoms with Gasteiger partial charge in [0.05, 0.1) is 0 Å². The fourth-order valence-electron chi connectivity index (χ4n) is 1.13. The Bertz CT molecular complexity index is 326. The molecule has 0 saturated carbocycles. The summed E-state index contributed by atoms with van der Waals surface area (Å²) in [5.41, 5.74) is 0. The average molecular weight is 253 g/mol. The first-order valence-corrected chi connectivity index (χ1v) is 5.35. The van der Waals surface area contributed by atoms with Crippen molar-refractivity contribution in [2.24, 2.45) is 0 Å². The van der Waals surface area contributed by atoms with E-state index in [9.17, 15) is 4.39 Å². The zero-order chi connectivity index (χ0) is 11.4. The maximum atomic E-state index is 13.0. The van der Waals surface area contributed by atoms with Crippen molar-refractivity contribution in [2.45, 2.75) is 26.4 Å². The van der Waals surface area contributed by atoms with E-state index in [-0.39, 0.29) is 16.4 Å². The van der Waals surface area contributed by atoms with E-state index in [1.54, 1.807) is 0 Å². The summed E-state index contributed by atoms with van der Waals surface area (Å²) in [5.74, 6) is -0.482. The van der Waals surface area contributed by atoms with Crippen LogP contribution in [0.3, 0.4) is 0 Å². The van der Waals surface area contributed by atoms with Crippen LogP contribution in [0.15, 0.2) is 0 Å². The second kappa shape index (κ2) is 5.58. The third kappa shape index (κ3) is 3.00. The molecule has 1 rings (SSSR count). The van der Waals surface area contributed by atoms with Crippen LogP contribution in [0, 0.1) is 5.82 Å². The minimum absolute atomic E-state index is 0.275. The molecule has 1 unspecified atom stereocenters. The summed E-state index contributed by atoms with van der Waals surface area (Å²) >= 11 is 11.1. The van der Waals surface area contributed by atoms with Crippen molar-refractivity contribution in [1.82, 2.24) is 9.97 Å². The first-order chi connectivity index (χ1) is 7.10. The van der Waals surface area contributed by atoms with Crippen LogP contribution in [-0.4, -0.2) is 16.6 Å². The molecule has 1 aromatic rings. The lowest BCUT2D eigenvalue weighted by atomic mass is 10.2. The molecule has 6 heteroatoms. The molecule has 3 nitrogen and oxygen atoms in total. The van der Waals surface area contributed by atoms with E-state index in [1.807, 2.05) is 13.8 Å². The van der Waals surface area contributed by atoms with Crippen molar-refractivity contribution >= 4 is 23.2 Å². The molecule has 0 fully saturated rings. The summed E-state index contributed by atoms with van der Waals surface area (Å²) in [6, 6.07) is 0. The van der Waals surface area contributed by atoms with Crippen LogP contribution in [0.1, 0.15) is 32.2 Å². The molecule has 0 spiro atoms. The van der Waals surface area contributed by atoms with Crippen molar-refractivity contribution < 1.29 is 9.13 Å². The molecule has 0 saturated heterocycles. The number of nitrogens with zero attached hydrogens (tertiary/aromatic N) is 2. The molecule has 0 N–H and O–H groups in total. The van der Waals surface area contributed by atoms with Gasteiger partial charge in [0.25, 0.3) is 0 Å². The fraction of sp³-hybridized carbons (Fsp3) is 0.556. The van der Waals surface area contributed by atoms with Gasteiger partial charge in [-0.3, -0.25) is 0 Å². The Hall–Kier alpha value is -0.450. The molecule has 0 bridgehead atoms. The summed E-state index contributed by atoms with van der Waals surface area (Å²) < 4.78 is 18.4. The summed E-state index contributed by atoms with van der Waals surface area (Å²) in [5, 5.41) is -0.550. The lowest BCUT2D eigenvalue weighted by Gasteiger charge is -2.13. The van der Waals surface area contributed by atoms with E-state index in [0.717, 1.165) is 0 Å². The lowest BCUT2D eigenvalue weighted by Crippen LogP contribution is -2.09. The molecule has 0 aromatic carbocycles. The molecule has 0 amide bonds. The highest BCUT2D eigenvalue weighted by molar-refractivity contribution is 6.33. The Labute approximate surface area is 97.6 Å². The predicted molar refractivity (Wildman–Crippen MR) is 56.7 cm³/mol. The topological polar surface area (TPSA) is 35.0 Å². The highest BCUT2D eigenvalue weighted by atomic mass is 35.5. The van der Waals surface area contributed by atoms with E-state index in [1.165, 1.54) is 0 Å². The van der Waals surface area contributed by atoms with Gasteiger partial charge in [-0.2, -0.15) is 0 Å². The second-order valence-corrected chi connectivity index (χ2v) is 3.55. The van der Waals surface area contributed by atoms with E-state index in [0.29, 0.717) is 18.9 Å². The monoisotopic (exact) mass is 252 g/mol. The molecule has 0 radical (unpaired) electrons. The average Bonchev–Trinajstić information content (AvgIpc) is 2.22. The van der Waals surface area contributed by atoms with Crippen molar-refractivity contribution in [2.75, 3.05) is 6.61 Å². The van der Waals surface area contributed by atoms with Crippen molar-refractivity contribution in [3.8, 4) is 0 Å². The Balaban J connectivity index is 3.03. The first-order valence-electron chi connectivity index (χ1n) is 4.60. The number of hydrogen-bond donors (Lipinski definition) is 0. The van der Waals surface area contributed by atoms with Gasteiger partial charge < -0.3 is 4.74 Å². The second-order valence-electron chi connectivity index (χ2n) is 2.83. The Morgan fingerprint density at radius 3 is 2.20 bits per heavy atom. The van der Waals surface area contributed by atoms with Crippen molar-refractivity contribution in [3.05, 3.63) is 21.9 Å². The van der Waals surface area contributed by atoms with Gasteiger partial charge >= 0.3 is 0 Å². The largest absolute Gasteiger partial charge is 0.371 e. The van der Waals surface area contributed by atoms with Gasteiger partial charge in [0.15, 0.2) is 21.9 Å². The molecule has 0 aliphatic rings. The third-order valence-electron chi connectivity index (χ3n) is 1.81. The zero-order valence-corrected chi connectivity index (χ0v) is 9.94. The fourth-order valence-corrected chi connectivity index (χ4v) is 1.53. The highest BCUT2D eigenvalue weighted by Gasteiger charge is 2.17. The van der Waals surface area contributed by atoms with E-state index in [2.05, 4.69) is 9.97 Å². The lowest BCUT2D eigenvalue weighted by molar-refractivity contribution is 0.0533. The molecule has 84 valence electrons. The summed E-state index contributed by atoms with van der Waals surface area (Å²) in [6.07, 6.45) is 0.372. The van der Waals surface area contributed by atoms with Gasteiger partial charge in [-0.05, 0) is 13.3 Å². The molecular formula is C9H11Cl2FN2O. The Morgan fingerprint density at radius 2 is 1.80 bits per heavy atom. The van der Waals surface area contributed by atoms with Gasteiger partial charge in [-0.25, -0.2) is 14.4 Å². The van der Waals surface area contributed by atoms with Gasteiger partial charge in [-0.15, -0.1) is 0 Å². The maximum absolute atomic E-state index is 13.0. The van der Waals surface area contributed by atoms with E-state index in [4.69, 9.17) is 27.9 Å². The zero-order valence-electron chi connectivity index (χ0n) is 8.43. The molecule has 15 heavy (non-hydrogen) atoms. The molecule has 0 aliphatic carbocycles. The van der Waals surface area contributed by atoms with Crippen LogP contribution in [0.2, 0.25) is 10.3 Å². The summed E-state index contributed by atoms with van der Waals surface area (Å²) in [4.78, 5) is 7.59. The summed E-state index contributed by atoms with van der Waals surface area (Å²) in [7, 11) is 0. The molecule has 1 heterocycles. The van der Waals surface area contributed by atoms with Crippen LogP contribution >= 0.6 is 23.2 Å². The number of ether oxygens (including phenoxy) is 1. The molecule has 1 aromatic heterocycles. The maximum Gasteiger partial charge on any atom is 0.197 e. The van der Waals surface area contributed by atoms with Crippen molar-refractivity contribution in [3.63, 3.8) is 0 Å². The highest BCUT2D eigenvalue weighted by Crippen LogP contribution is 2.24. The van der Waals surface area contributed by atoms with Gasteiger partial charge in [-0.1, -0.05) is 30.1 Å². The van der Waals surface area contributed by atoms with Gasteiger partial charge in [0, 0.05) is 6.61 Å². The molecule has 1 atom stereocenters. The quantitative estimate of drug-likeness (QED) is 0.771. The van der Waals surface area contributed by atoms with Gasteiger partial charge in [0.1, 0.15) is 6.10 Å². The molecular weight excluding hydrogens is 242 g/mol. The SMILES string of the molecule is CCOC(CC)c1nc(Cl)c(F)c(Cl)n1. The smallest absolute Gasteiger partial charge is 0.197 e. The number of rotatable bonds is 4. The standard InChI is InChI=1S/C9H11Cl2FN2O/c1-3-5(15-4-2)9-13-7(10)6(12)8(11)14-9/h5H,3-4H2,1-2H3. The summed E-state index contributed by atoms with van der Waals surface area (Å²) in [6.45, 7) is 4.29. The van der Waals surface area contributed by atoms with Gasteiger partial charge in [0.2, 0.25) is 0 Å². The molecule has 0 aliphatic heterocycles. The van der Waals surface area contributed by atoms with Crippen LogP contribution in [0.25, 0.3) is 0 Å². The van der Waals surface area contributed by atoms with Crippen molar-refractivity contribution in [1.29, 1.82) is 0 Å². The normalized spacial score (nSPS) is 12.9. The minimum Gasteiger partial charge on any atom is -0.371 e. The number of hydrogen-bond acceptors (Lipinski definition) is 3. The number of halogens is 3. The minimum atomic E-state index is -0.798. The third-order valence-corrected chi connectivity index (χ3v) is 2.32. The van der Waals surface area contributed by atoms with Crippen LogP contribution < -0.4 is 0 Å². The van der Waals surface area contributed by atoms with E-state index < -0.39 is 5.82 Å². The van der Waals surface area contributed by atoms with Crippen LogP contribution in [-0.2, 0) is 4.74 Å². The first kappa shape index (κ1) is 12.6. The van der Waals surface area contributed by atoms with Crippen LogP contribution in [0.4, 0.5) is 4.39 Å². The Morgan fingerprint density at radius 1 is 1.27 bits per heavy atom. The number of aromatic nitrogens is 2.